The average molecular weight is 290 g/mol. The number of para-hydroxylation sites is 1. The zero-order valence-corrected chi connectivity index (χ0v) is 12.3. The van der Waals surface area contributed by atoms with Crippen LogP contribution in [0.3, 0.4) is 0 Å². The molecule has 2 aliphatic heterocycles. The summed E-state index contributed by atoms with van der Waals surface area (Å²) in [4.78, 5) is 27.4. The van der Waals surface area contributed by atoms with Gasteiger partial charge in [-0.1, -0.05) is 12.1 Å². The Morgan fingerprint density at radius 1 is 1.45 bits per heavy atom. The molecule has 0 bridgehead atoms. The maximum Gasteiger partial charge on any atom is 0.238 e. The van der Waals surface area contributed by atoms with Crippen LogP contribution in [0.5, 0.6) is 0 Å². The van der Waals surface area contributed by atoms with Crippen molar-refractivity contribution in [1.29, 1.82) is 0 Å². The Morgan fingerprint density at radius 3 is 3.00 bits per heavy atom. The molecule has 1 fully saturated rings. The molecule has 20 heavy (non-hydrogen) atoms. The number of carbonyl (C=O) groups excluding carboxylic acids is 2. The molecule has 0 spiro atoms. The van der Waals surface area contributed by atoms with Crippen molar-refractivity contribution in [1.82, 2.24) is 4.90 Å². The molecule has 4 nitrogen and oxygen atoms in total. The molecule has 0 radical (unpaired) electrons. The van der Waals surface area contributed by atoms with Gasteiger partial charge in [0.25, 0.3) is 0 Å². The molecule has 106 valence electrons. The number of nitrogens with zero attached hydrogens (tertiary/aromatic N) is 1. The summed E-state index contributed by atoms with van der Waals surface area (Å²) in [5.41, 5.74) is 0.848. The zero-order chi connectivity index (χ0) is 14.1. The second-order valence-corrected chi connectivity index (χ2v) is 6.62. The number of hydrogen-bond acceptors (Lipinski definition) is 3. The van der Waals surface area contributed by atoms with Crippen molar-refractivity contribution in [3.63, 3.8) is 0 Å². The van der Waals surface area contributed by atoms with Gasteiger partial charge in [-0.15, -0.1) is 11.8 Å². The minimum atomic E-state index is -0.315. The van der Waals surface area contributed by atoms with Crippen molar-refractivity contribution >= 4 is 29.3 Å². The molecule has 0 aliphatic carbocycles. The van der Waals surface area contributed by atoms with E-state index in [1.165, 1.54) is 11.8 Å². The fourth-order valence-electron chi connectivity index (χ4n) is 2.81. The molecule has 1 N–H and O–H groups in total. The first-order valence-electron chi connectivity index (χ1n) is 7.01. The van der Waals surface area contributed by atoms with Crippen molar-refractivity contribution in [2.45, 2.75) is 42.4 Å². The molecular formula is C15H18N2O2S. The Bertz CT molecular complexity index is 546. The quantitative estimate of drug-likeness (QED) is 0.910. The molecule has 3 rings (SSSR count). The number of nitrogens with one attached hydrogen (secondary N) is 1. The van der Waals surface area contributed by atoms with Crippen LogP contribution in [-0.4, -0.2) is 34.6 Å². The number of likely N-dealkylation sites (tertiary alicyclic amines) is 1. The molecule has 2 atom stereocenters. The summed E-state index contributed by atoms with van der Waals surface area (Å²) in [7, 11) is 0. The van der Waals surface area contributed by atoms with Crippen molar-refractivity contribution in [2.24, 2.45) is 0 Å². The zero-order valence-electron chi connectivity index (χ0n) is 11.5. The highest BCUT2D eigenvalue weighted by Gasteiger charge is 2.32. The molecule has 2 heterocycles. The standard InChI is InChI=1S/C15H18N2O2S/c1-10-5-4-8-17(10)14(18)9-13-15(19)16-11-6-2-3-7-12(11)20-13/h2-3,6-7,10,13H,4-5,8-9H2,1H3,(H,16,19). The van der Waals surface area contributed by atoms with E-state index in [0.717, 1.165) is 30.0 Å². The van der Waals surface area contributed by atoms with Gasteiger partial charge in [0.05, 0.1) is 10.9 Å². The Kier molecular flexibility index (Phi) is 3.70. The van der Waals surface area contributed by atoms with Crippen LogP contribution >= 0.6 is 11.8 Å². The SMILES string of the molecule is CC1CCCN1C(=O)CC1Sc2ccccc2NC1=O. The first-order chi connectivity index (χ1) is 9.65. The molecule has 2 aliphatic rings. The summed E-state index contributed by atoms with van der Waals surface area (Å²) >= 11 is 1.49. The third-order valence-electron chi connectivity index (χ3n) is 3.94. The third-order valence-corrected chi connectivity index (χ3v) is 5.22. The van der Waals surface area contributed by atoms with Gasteiger partial charge in [-0.2, -0.15) is 0 Å². The van der Waals surface area contributed by atoms with E-state index in [1.807, 2.05) is 29.2 Å². The van der Waals surface area contributed by atoms with Gasteiger partial charge >= 0.3 is 0 Å². The lowest BCUT2D eigenvalue weighted by Gasteiger charge is -2.27. The van der Waals surface area contributed by atoms with Gasteiger partial charge in [-0.25, -0.2) is 0 Å². The lowest BCUT2D eigenvalue weighted by Crippen LogP contribution is -2.38. The summed E-state index contributed by atoms with van der Waals surface area (Å²) in [5, 5.41) is 2.57. The van der Waals surface area contributed by atoms with E-state index in [0.29, 0.717) is 6.04 Å². The third kappa shape index (κ3) is 2.54. The number of fused-ring (bicyclic) bond motifs is 1. The Labute approximate surface area is 122 Å². The van der Waals surface area contributed by atoms with Gasteiger partial charge in [-0.3, -0.25) is 9.59 Å². The largest absolute Gasteiger partial charge is 0.340 e. The van der Waals surface area contributed by atoms with Crippen molar-refractivity contribution < 1.29 is 9.59 Å². The molecule has 2 amide bonds. The van der Waals surface area contributed by atoms with Crippen LogP contribution in [0.1, 0.15) is 26.2 Å². The number of thioether (sulfide) groups is 1. The average Bonchev–Trinajstić information content (AvgIpc) is 2.86. The summed E-state index contributed by atoms with van der Waals surface area (Å²) in [6, 6.07) is 8.03. The molecule has 5 heteroatoms. The minimum Gasteiger partial charge on any atom is -0.340 e. The van der Waals surface area contributed by atoms with Gasteiger partial charge in [0.15, 0.2) is 0 Å². The number of rotatable bonds is 2. The van der Waals surface area contributed by atoms with Gasteiger partial charge in [0.1, 0.15) is 0 Å². The van der Waals surface area contributed by atoms with Crippen LogP contribution < -0.4 is 5.32 Å². The van der Waals surface area contributed by atoms with Gasteiger partial charge in [-0.05, 0) is 31.9 Å². The number of hydrogen-bond donors (Lipinski definition) is 1. The number of benzene rings is 1. The van der Waals surface area contributed by atoms with Gasteiger partial charge in [0.2, 0.25) is 11.8 Å². The van der Waals surface area contributed by atoms with Crippen molar-refractivity contribution in [3.05, 3.63) is 24.3 Å². The normalized spacial score (nSPS) is 25.2. The second kappa shape index (κ2) is 5.48. The fourth-order valence-corrected chi connectivity index (χ4v) is 3.91. The number of amides is 2. The van der Waals surface area contributed by atoms with E-state index in [1.54, 1.807) is 0 Å². The molecular weight excluding hydrogens is 272 g/mol. The molecule has 1 aromatic carbocycles. The number of carbonyl (C=O) groups is 2. The highest BCUT2D eigenvalue weighted by atomic mass is 32.2. The minimum absolute atomic E-state index is 0.0612. The van der Waals surface area contributed by atoms with Crippen LogP contribution in [-0.2, 0) is 9.59 Å². The van der Waals surface area contributed by atoms with Gasteiger partial charge < -0.3 is 10.2 Å². The topological polar surface area (TPSA) is 49.4 Å². The van der Waals surface area contributed by atoms with Crippen LogP contribution in [0.2, 0.25) is 0 Å². The van der Waals surface area contributed by atoms with Crippen molar-refractivity contribution in [2.75, 3.05) is 11.9 Å². The maximum absolute atomic E-state index is 12.3. The van der Waals surface area contributed by atoms with Crippen LogP contribution in [0.15, 0.2) is 29.2 Å². The lowest BCUT2D eigenvalue weighted by atomic mass is 10.2. The summed E-state index contributed by atoms with van der Waals surface area (Å²) in [6.45, 7) is 2.91. The first-order valence-corrected chi connectivity index (χ1v) is 7.89. The predicted molar refractivity (Wildman–Crippen MR) is 79.7 cm³/mol. The summed E-state index contributed by atoms with van der Waals surface area (Å²) < 4.78 is 0. The lowest BCUT2D eigenvalue weighted by molar-refractivity contribution is -0.133. The molecule has 2 unspecified atom stereocenters. The molecule has 0 aromatic heterocycles. The van der Waals surface area contributed by atoms with E-state index in [2.05, 4.69) is 12.2 Å². The Morgan fingerprint density at radius 2 is 2.25 bits per heavy atom. The maximum atomic E-state index is 12.3. The van der Waals surface area contributed by atoms with Crippen LogP contribution in [0.25, 0.3) is 0 Å². The smallest absolute Gasteiger partial charge is 0.238 e. The van der Waals surface area contributed by atoms with Crippen LogP contribution in [0.4, 0.5) is 5.69 Å². The predicted octanol–water partition coefficient (Wildman–Crippen LogP) is 2.50. The molecule has 1 aromatic rings. The molecule has 0 saturated carbocycles. The second-order valence-electron chi connectivity index (χ2n) is 5.37. The fraction of sp³-hybridized carbons (Fsp3) is 0.467. The highest BCUT2D eigenvalue weighted by Crippen LogP contribution is 2.37. The van der Waals surface area contributed by atoms with E-state index < -0.39 is 0 Å². The summed E-state index contributed by atoms with van der Waals surface area (Å²) in [6.07, 6.45) is 2.42. The Balaban J connectivity index is 1.69. The first kappa shape index (κ1) is 13.5. The number of anilines is 1. The van der Waals surface area contributed by atoms with Gasteiger partial charge in [0, 0.05) is 23.9 Å². The summed E-state index contributed by atoms with van der Waals surface area (Å²) in [5.74, 6) is 0.0379. The Hall–Kier alpha value is -1.49. The highest BCUT2D eigenvalue weighted by molar-refractivity contribution is 8.01. The van der Waals surface area contributed by atoms with Crippen molar-refractivity contribution in [3.8, 4) is 0 Å². The van der Waals surface area contributed by atoms with E-state index in [-0.39, 0.29) is 23.5 Å². The van der Waals surface area contributed by atoms with E-state index in [4.69, 9.17) is 0 Å². The molecule has 1 saturated heterocycles. The van der Waals surface area contributed by atoms with Crippen LogP contribution in [0, 0.1) is 0 Å². The van der Waals surface area contributed by atoms with E-state index >= 15 is 0 Å². The van der Waals surface area contributed by atoms with E-state index in [9.17, 15) is 9.59 Å². The monoisotopic (exact) mass is 290 g/mol.